The zero-order valence-electron chi connectivity index (χ0n) is 14.9. The molecule has 140 valence electrons. The van der Waals surface area contributed by atoms with E-state index in [9.17, 15) is 4.79 Å². The second-order valence-corrected chi connectivity index (χ2v) is 9.70. The van der Waals surface area contributed by atoms with Crippen molar-refractivity contribution in [3.8, 4) is 0 Å². The van der Waals surface area contributed by atoms with Crippen molar-refractivity contribution >= 4 is 46.6 Å². The summed E-state index contributed by atoms with van der Waals surface area (Å²) in [6, 6.07) is 28.3. The van der Waals surface area contributed by atoms with Gasteiger partial charge in [0.1, 0.15) is 5.54 Å². The van der Waals surface area contributed by atoms with E-state index in [1.807, 2.05) is 71.6 Å². The summed E-state index contributed by atoms with van der Waals surface area (Å²) in [5, 5.41) is 0.109. The second kappa shape index (κ2) is 6.55. The minimum absolute atomic E-state index is 0.109. The second-order valence-electron chi connectivity index (χ2n) is 7.13. The molecule has 0 unspecified atom stereocenters. The van der Waals surface area contributed by atoms with Crippen molar-refractivity contribution in [1.29, 1.82) is 0 Å². The third kappa shape index (κ3) is 2.40. The summed E-state index contributed by atoms with van der Waals surface area (Å²) in [6.45, 7) is 0. The van der Waals surface area contributed by atoms with Gasteiger partial charge in [-0.05, 0) is 29.7 Å². The number of thioether (sulfide) groups is 1. The van der Waals surface area contributed by atoms with Crippen molar-refractivity contribution in [2.45, 2.75) is 26.4 Å². The Kier molecular flexibility index (Phi) is 4.24. The van der Waals surface area contributed by atoms with E-state index >= 15 is 0 Å². The van der Waals surface area contributed by atoms with E-state index in [1.54, 1.807) is 11.8 Å². The molecule has 5 heteroatoms. The van der Waals surface area contributed by atoms with Crippen LogP contribution in [0.15, 0.2) is 89.8 Å². The maximum absolute atomic E-state index is 13.1. The number of hydrogen-bond donors (Lipinski definition) is 0. The molecule has 0 aliphatic carbocycles. The van der Waals surface area contributed by atoms with Crippen molar-refractivity contribution in [2.75, 3.05) is 4.90 Å². The highest BCUT2D eigenvalue weighted by atomic mass is 35.5. The number of amides is 1. The van der Waals surface area contributed by atoms with Crippen LogP contribution in [0.4, 0.5) is 5.69 Å². The lowest BCUT2D eigenvalue weighted by Gasteiger charge is -2.59. The Bertz CT molecular complexity index is 1040. The molecular weight excluding hydrogens is 409 g/mol. The fourth-order valence-electron chi connectivity index (χ4n) is 4.31. The van der Waals surface area contributed by atoms with Gasteiger partial charge >= 0.3 is 0 Å². The Morgan fingerprint density at radius 3 is 2.18 bits per heavy atom. The number of hydrogen-bond acceptors (Lipinski definition) is 2. The highest BCUT2D eigenvalue weighted by Gasteiger charge is 2.72. The van der Waals surface area contributed by atoms with E-state index in [1.165, 1.54) is 5.56 Å². The van der Waals surface area contributed by atoms with Crippen LogP contribution < -0.4 is 4.90 Å². The molecule has 0 N–H and O–H groups in total. The van der Waals surface area contributed by atoms with Crippen LogP contribution in [-0.4, -0.2) is 10.2 Å². The number of para-hydroxylation sites is 1. The van der Waals surface area contributed by atoms with Gasteiger partial charge in [-0.15, -0.1) is 11.8 Å². The Hall–Kier alpha value is -1.94. The highest BCUT2D eigenvalue weighted by molar-refractivity contribution is 7.99. The molecule has 5 rings (SSSR count). The molecule has 2 aliphatic heterocycles. The summed E-state index contributed by atoms with van der Waals surface area (Å²) in [6.07, 6.45) is 0.624. The predicted molar refractivity (Wildman–Crippen MR) is 116 cm³/mol. The first-order chi connectivity index (χ1) is 13.6. The molecule has 0 bridgehead atoms. The number of nitrogens with zero attached hydrogens (tertiary/aromatic N) is 1. The van der Waals surface area contributed by atoms with Gasteiger partial charge in [0.05, 0.1) is 5.69 Å². The van der Waals surface area contributed by atoms with E-state index in [4.69, 9.17) is 23.2 Å². The van der Waals surface area contributed by atoms with E-state index in [0.29, 0.717) is 6.42 Å². The molecule has 0 spiro atoms. The number of alkyl halides is 2. The van der Waals surface area contributed by atoms with Gasteiger partial charge in [0.2, 0.25) is 4.33 Å². The van der Waals surface area contributed by atoms with Crippen LogP contribution in [0.5, 0.6) is 0 Å². The fraction of sp³-hybridized carbons (Fsp3) is 0.174. The maximum atomic E-state index is 13.1. The summed E-state index contributed by atoms with van der Waals surface area (Å²) in [7, 11) is 0. The van der Waals surface area contributed by atoms with Crippen LogP contribution in [-0.2, 0) is 10.3 Å². The van der Waals surface area contributed by atoms with Crippen molar-refractivity contribution in [3.05, 3.63) is 96.1 Å². The molecule has 3 aromatic carbocycles. The molecular formula is C23H17Cl2NOS. The van der Waals surface area contributed by atoms with Crippen LogP contribution in [0.3, 0.4) is 0 Å². The van der Waals surface area contributed by atoms with Crippen LogP contribution in [0.1, 0.15) is 22.8 Å². The largest absolute Gasteiger partial charge is 0.295 e. The molecule has 28 heavy (non-hydrogen) atoms. The van der Waals surface area contributed by atoms with Crippen LogP contribution in [0.2, 0.25) is 0 Å². The first kappa shape index (κ1) is 18.1. The van der Waals surface area contributed by atoms with Gasteiger partial charge in [-0.2, -0.15) is 0 Å². The number of benzene rings is 3. The van der Waals surface area contributed by atoms with Gasteiger partial charge in [0.25, 0.3) is 5.91 Å². The SMILES string of the molecule is O=C1N2c3ccccc3S[C@H](c3ccccc3)C[C@]2(c2ccccc2)C1(Cl)Cl. The minimum Gasteiger partial charge on any atom is -0.295 e. The van der Waals surface area contributed by atoms with Crippen molar-refractivity contribution in [3.63, 3.8) is 0 Å². The number of halogens is 2. The number of carbonyl (C=O) groups excluding carboxylic acids is 1. The monoisotopic (exact) mass is 425 g/mol. The van der Waals surface area contributed by atoms with Crippen molar-refractivity contribution in [1.82, 2.24) is 0 Å². The molecule has 3 aromatic rings. The summed E-state index contributed by atoms with van der Waals surface area (Å²) in [5.41, 5.74) is 2.20. The molecule has 2 atom stereocenters. The number of rotatable bonds is 2. The summed E-state index contributed by atoms with van der Waals surface area (Å²) >= 11 is 15.3. The summed E-state index contributed by atoms with van der Waals surface area (Å²) in [4.78, 5) is 16.0. The zero-order valence-corrected chi connectivity index (χ0v) is 17.2. The van der Waals surface area contributed by atoms with Gasteiger partial charge in [-0.1, -0.05) is 96.0 Å². The predicted octanol–water partition coefficient (Wildman–Crippen LogP) is 6.34. The standard InChI is InChI=1S/C23H17Cl2NOS/c24-23(25)21(27)26-18-13-7-8-14-19(18)28-20(16-9-3-1-4-10-16)15-22(23,26)17-11-5-2-6-12-17/h1-14,20H,15H2/t20-,22-/m0/s1. The van der Waals surface area contributed by atoms with Gasteiger partial charge in [0, 0.05) is 10.1 Å². The van der Waals surface area contributed by atoms with Gasteiger partial charge in [-0.25, -0.2) is 0 Å². The zero-order chi connectivity index (χ0) is 19.4. The van der Waals surface area contributed by atoms with Gasteiger partial charge in [0.15, 0.2) is 0 Å². The summed E-state index contributed by atoms with van der Waals surface area (Å²) in [5.74, 6) is -0.263. The van der Waals surface area contributed by atoms with Crippen molar-refractivity contribution < 1.29 is 4.79 Å². The molecule has 1 amide bonds. The fourth-order valence-corrected chi connectivity index (χ4v) is 6.39. The average molecular weight is 426 g/mol. The maximum Gasteiger partial charge on any atom is 0.267 e. The van der Waals surface area contributed by atoms with Crippen LogP contribution >= 0.6 is 35.0 Å². The minimum atomic E-state index is -1.51. The van der Waals surface area contributed by atoms with Crippen LogP contribution in [0.25, 0.3) is 0 Å². The Balaban J connectivity index is 1.77. The normalized spacial score (nSPS) is 25.3. The molecule has 1 saturated heterocycles. The van der Waals surface area contributed by atoms with E-state index in [-0.39, 0.29) is 11.2 Å². The van der Waals surface area contributed by atoms with E-state index in [2.05, 4.69) is 18.2 Å². The molecule has 0 saturated carbocycles. The first-order valence-electron chi connectivity index (χ1n) is 9.14. The molecule has 2 heterocycles. The number of fused-ring (bicyclic) bond motifs is 3. The molecule has 0 aromatic heterocycles. The first-order valence-corrected chi connectivity index (χ1v) is 10.8. The molecule has 0 radical (unpaired) electrons. The lowest BCUT2D eigenvalue weighted by molar-refractivity contribution is -0.129. The molecule has 1 fully saturated rings. The molecule has 2 aliphatic rings. The third-order valence-electron chi connectivity index (χ3n) is 5.65. The number of β-lactam (4-membered cyclic amide) rings is 1. The molecule has 2 nitrogen and oxygen atoms in total. The summed E-state index contributed by atoms with van der Waals surface area (Å²) < 4.78 is -1.51. The van der Waals surface area contributed by atoms with Gasteiger partial charge < -0.3 is 0 Å². The Morgan fingerprint density at radius 2 is 1.46 bits per heavy atom. The van der Waals surface area contributed by atoms with Crippen molar-refractivity contribution in [2.24, 2.45) is 0 Å². The Labute approximate surface area is 178 Å². The Morgan fingerprint density at radius 1 is 0.857 bits per heavy atom. The van der Waals surface area contributed by atoms with E-state index < -0.39 is 9.87 Å². The lowest BCUT2D eigenvalue weighted by atomic mass is 9.72. The number of carbonyl (C=O) groups is 1. The smallest absolute Gasteiger partial charge is 0.267 e. The number of anilines is 1. The van der Waals surface area contributed by atoms with Crippen LogP contribution in [0, 0.1) is 0 Å². The van der Waals surface area contributed by atoms with Gasteiger partial charge in [-0.3, -0.25) is 9.69 Å². The third-order valence-corrected chi connectivity index (χ3v) is 7.92. The topological polar surface area (TPSA) is 20.3 Å². The van der Waals surface area contributed by atoms with E-state index in [0.717, 1.165) is 16.1 Å². The lowest BCUT2D eigenvalue weighted by Crippen LogP contribution is -2.76. The highest BCUT2D eigenvalue weighted by Crippen LogP contribution is 2.65. The quantitative estimate of drug-likeness (QED) is 0.352. The average Bonchev–Trinajstić information content (AvgIpc) is 2.89.